The highest BCUT2D eigenvalue weighted by atomic mass is 32.2. The van der Waals surface area contributed by atoms with Crippen LogP contribution in [0.15, 0.2) is 11.8 Å². The molecular formula is C16H22F3NO4S2. The number of allylic oxidation sites excluding steroid dienone is 1. The van der Waals surface area contributed by atoms with Gasteiger partial charge in [0.05, 0.1) is 11.5 Å². The molecule has 3 aliphatic heterocycles. The number of piperidine rings is 1. The number of carbonyl (C=O) groups excluding carboxylic acids is 1. The average Bonchev–Trinajstić information content (AvgIpc) is 2.88. The van der Waals surface area contributed by atoms with E-state index in [0.717, 1.165) is 12.2 Å². The van der Waals surface area contributed by atoms with E-state index < -0.39 is 21.2 Å². The maximum absolute atomic E-state index is 12.7. The molecule has 5 atom stereocenters. The van der Waals surface area contributed by atoms with Gasteiger partial charge < -0.3 is 4.18 Å². The largest absolute Gasteiger partial charge is 0.534 e. The van der Waals surface area contributed by atoms with Crippen molar-refractivity contribution in [2.45, 2.75) is 61.9 Å². The van der Waals surface area contributed by atoms with Crippen LogP contribution in [0.5, 0.6) is 0 Å². The zero-order valence-electron chi connectivity index (χ0n) is 14.6. The predicted molar refractivity (Wildman–Crippen MR) is 91.9 cm³/mol. The summed E-state index contributed by atoms with van der Waals surface area (Å²) in [6.45, 7) is 4.24. The minimum absolute atomic E-state index is 0.00205. The van der Waals surface area contributed by atoms with Crippen molar-refractivity contribution in [1.29, 1.82) is 0 Å². The highest BCUT2D eigenvalue weighted by molar-refractivity contribution is 7.99. The Kier molecular flexibility index (Phi) is 5.16. The second-order valence-corrected chi connectivity index (χ2v) is 9.98. The summed E-state index contributed by atoms with van der Waals surface area (Å²) >= 11 is 1.68. The zero-order chi connectivity index (χ0) is 19.3. The molecule has 3 aliphatic rings. The first-order valence-corrected chi connectivity index (χ1v) is 11.1. The maximum atomic E-state index is 12.7. The van der Waals surface area contributed by atoms with Crippen molar-refractivity contribution in [3.63, 3.8) is 0 Å². The van der Waals surface area contributed by atoms with E-state index >= 15 is 0 Å². The number of hydrogen-bond donors (Lipinski definition) is 0. The van der Waals surface area contributed by atoms with Crippen LogP contribution in [0.3, 0.4) is 0 Å². The molecule has 0 aromatic carbocycles. The molecule has 5 nitrogen and oxygen atoms in total. The third-order valence-electron chi connectivity index (χ3n) is 5.56. The van der Waals surface area contributed by atoms with Gasteiger partial charge in [-0.05, 0) is 24.7 Å². The second-order valence-electron chi connectivity index (χ2n) is 6.93. The van der Waals surface area contributed by atoms with Gasteiger partial charge >= 0.3 is 15.6 Å². The van der Waals surface area contributed by atoms with Crippen molar-refractivity contribution in [2.24, 2.45) is 5.92 Å². The summed E-state index contributed by atoms with van der Waals surface area (Å²) in [6.07, 6.45) is 3.37. The lowest BCUT2D eigenvalue weighted by atomic mass is 9.78. The van der Waals surface area contributed by atoms with E-state index in [2.05, 4.69) is 9.08 Å². The average molecular weight is 413 g/mol. The van der Waals surface area contributed by atoms with Crippen LogP contribution in [0.2, 0.25) is 0 Å². The topological polar surface area (TPSA) is 63.7 Å². The molecule has 5 unspecified atom stereocenters. The van der Waals surface area contributed by atoms with Crippen molar-refractivity contribution in [3.8, 4) is 0 Å². The Morgan fingerprint density at radius 3 is 2.69 bits per heavy atom. The molecule has 0 aliphatic carbocycles. The summed E-state index contributed by atoms with van der Waals surface area (Å²) in [6, 6.07) is 0.0785. The van der Waals surface area contributed by atoms with E-state index in [-0.39, 0.29) is 35.2 Å². The smallest absolute Gasteiger partial charge is 0.381 e. The van der Waals surface area contributed by atoms with Crippen molar-refractivity contribution >= 4 is 27.7 Å². The monoisotopic (exact) mass is 413 g/mol. The fourth-order valence-electron chi connectivity index (χ4n) is 4.63. The third-order valence-corrected chi connectivity index (χ3v) is 7.75. The lowest BCUT2D eigenvalue weighted by molar-refractivity contribution is -0.127. The molecule has 0 aromatic rings. The molecule has 0 amide bonds. The van der Waals surface area contributed by atoms with E-state index in [0.29, 0.717) is 19.4 Å². The van der Waals surface area contributed by atoms with Gasteiger partial charge in [-0.2, -0.15) is 33.4 Å². The predicted octanol–water partition coefficient (Wildman–Crippen LogP) is 3.07. The van der Waals surface area contributed by atoms with Gasteiger partial charge in [0.15, 0.2) is 0 Å². The molecule has 26 heavy (non-hydrogen) atoms. The van der Waals surface area contributed by atoms with Gasteiger partial charge in [0.1, 0.15) is 11.5 Å². The first-order chi connectivity index (χ1) is 12.1. The number of ketones is 1. The molecular weight excluding hydrogens is 391 g/mol. The Bertz CT molecular complexity index is 721. The molecule has 0 spiro atoms. The second kappa shape index (κ2) is 6.70. The van der Waals surface area contributed by atoms with Gasteiger partial charge in [0.25, 0.3) is 0 Å². The molecule has 148 valence electrons. The first kappa shape index (κ1) is 20.0. The van der Waals surface area contributed by atoms with Gasteiger partial charge in [-0.15, -0.1) is 0 Å². The van der Waals surface area contributed by atoms with Gasteiger partial charge in [-0.1, -0.05) is 13.8 Å². The number of hydrogen-bond acceptors (Lipinski definition) is 6. The molecule has 0 radical (unpaired) electrons. The number of alkyl halides is 3. The lowest BCUT2D eigenvalue weighted by Gasteiger charge is -2.40. The van der Waals surface area contributed by atoms with E-state index in [1.807, 2.05) is 6.92 Å². The molecule has 4 bridgehead atoms. The summed E-state index contributed by atoms with van der Waals surface area (Å²) in [5.41, 5.74) is -6.20. The SMILES string of the molecule is CCSC1CN2C3CCC2(/C=C(/CC)OS(=O)(=O)C(F)(F)F)C1C(=O)C3. The summed E-state index contributed by atoms with van der Waals surface area (Å²) in [5, 5.41) is 0.0754. The van der Waals surface area contributed by atoms with Crippen LogP contribution < -0.4 is 0 Å². The quantitative estimate of drug-likeness (QED) is 0.379. The molecule has 0 saturated carbocycles. The van der Waals surface area contributed by atoms with Crippen LogP contribution in [-0.2, 0) is 19.1 Å². The third kappa shape index (κ3) is 3.07. The number of halogens is 3. The maximum Gasteiger partial charge on any atom is 0.534 e. The van der Waals surface area contributed by atoms with Crippen LogP contribution in [0.4, 0.5) is 13.2 Å². The van der Waals surface area contributed by atoms with Gasteiger partial charge in [-0.3, -0.25) is 9.69 Å². The molecule has 3 saturated heterocycles. The minimum atomic E-state index is -5.71. The van der Waals surface area contributed by atoms with Crippen LogP contribution in [0, 0.1) is 5.92 Å². The molecule has 3 heterocycles. The van der Waals surface area contributed by atoms with Crippen molar-refractivity contribution < 1.29 is 30.6 Å². The first-order valence-electron chi connectivity index (χ1n) is 8.69. The molecule has 0 N–H and O–H groups in total. The van der Waals surface area contributed by atoms with Crippen LogP contribution >= 0.6 is 11.8 Å². The van der Waals surface area contributed by atoms with E-state index in [1.54, 1.807) is 18.7 Å². The van der Waals surface area contributed by atoms with Crippen LogP contribution in [0.25, 0.3) is 0 Å². The van der Waals surface area contributed by atoms with Crippen molar-refractivity contribution in [2.75, 3.05) is 12.3 Å². The van der Waals surface area contributed by atoms with Crippen molar-refractivity contribution in [3.05, 3.63) is 11.8 Å². The number of carbonyl (C=O) groups is 1. The summed E-state index contributed by atoms with van der Waals surface area (Å²) in [5.74, 6) is 0.393. The molecule has 3 rings (SSSR count). The fourth-order valence-corrected chi connectivity index (χ4v) is 6.45. The standard InChI is InChI=1S/C16H22F3NO4S2/c1-3-11(24-26(22,23)16(17,18)19)8-15-6-5-10-7-12(21)14(15)13(25-4-2)9-20(10)15/h8,10,13-14H,3-7,9H2,1-2H3/b11-8-. The summed E-state index contributed by atoms with van der Waals surface area (Å²) in [7, 11) is -5.71. The minimum Gasteiger partial charge on any atom is -0.381 e. The van der Waals surface area contributed by atoms with Gasteiger partial charge in [0, 0.05) is 30.7 Å². The Balaban J connectivity index is 1.98. The van der Waals surface area contributed by atoms with Gasteiger partial charge in [0.2, 0.25) is 0 Å². The Morgan fingerprint density at radius 2 is 2.12 bits per heavy atom. The lowest BCUT2D eigenvalue weighted by Crippen LogP contribution is -2.52. The van der Waals surface area contributed by atoms with Crippen LogP contribution in [-0.4, -0.2) is 53.7 Å². The Labute approximate surface area is 155 Å². The van der Waals surface area contributed by atoms with E-state index in [4.69, 9.17) is 0 Å². The molecule has 3 fully saturated rings. The number of nitrogens with zero attached hydrogens (tertiary/aromatic N) is 1. The number of Topliss-reactive ketones (excluding diaryl/α,β-unsaturated/α-hetero) is 1. The molecule has 10 heteroatoms. The molecule has 0 aromatic heterocycles. The summed E-state index contributed by atoms with van der Waals surface area (Å²) < 4.78 is 65.3. The van der Waals surface area contributed by atoms with Gasteiger partial charge in [-0.25, -0.2) is 0 Å². The highest BCUT2D eigenvalue weighted by Crippen LogP contribution is 2.55. The summed E-state index contributed by atoms with van der Waals surface area (Å²) in [4.78, 5) is 14.9. The number of thioether (sulfide) groups is 1. The van der Waals surface area contributed by atoms with Crippen LogP contribution in [0.1, 0.15) is 39.5 Å². The normalized spacial score (nSPS) is 37.3. The fraction of sp³-hybridized carbons (Fsp3) is 0.812. The zero-order valence-corrected chi connectivity index (χ0v) is 16.2. The van der Waals surface area contributed by atoms with Crippen molar-refractivity contribution in [1.82, 2.24) is 4.90 Å². The van der Waals surface area contributed by atoms with E-state index in [1.165, 1.54) is 6.08 Å². The van der Waals surface area contributed by atoms with E-state index in [9.17, 15) is 26.4 Å². The Hall–Kier alpha value is -0.740. The number of rotatable bonds is 6. The Morgan fingerprint density at radius 1 is 1.42 bits per heavy atom. The highest BCUT2D eigenvalue weighted by Gasteiger charge is 2.64.